The van der Waals surface area contributed by atoms with Gasteiger partial charge < -0.3 is 14.4 Å². The van der Waals surface area contributed by atoms with Gasteiger partial charge in [0.25, 0.3) is 5.91 Å². The molecule has 20 heavy (non-hydrogen) atoms. The second-order valence-corrected chi connectivity index (χ2v) is 6.30. The molecule has 1 N–H and O–H groups in total. The quantitative estimate of drug-likeness (QED) is 0.924. The summed E-state index contributed by atoms with van der Waals surface area (Å²) in [6.45, 7) is 5.90. The zero-order valence-electron chi connectivity index (χ0n) is 11.8. The van der Waals surface area contributed by atoms with Crippen LogP contribution in [-0.4, -0.2) is 39.1 Å². The molecule has 1 aliphatic rings. The average molecular weight is 297 g/mol. The molecule has 0 radical (unpaired) electrons. The Bertz CT molecular complexity index is 511. The van der Waals surface area contributed by atoms with Crippen LogP contribution in [0.5, 0.6) is 0 Å². The van der Waals surface area contributed by atoms with Gasteiger partial charge in [0.15, 0.2) is 0 Å². The lowest BCUT2D eigenvalue weighted by Crippen LogP contribution is -2.47. The number of aliphatic carboxylic acids is 1. The minimum Gasteiger partial charge on any atom is -0.480 e. The van der Waals surface area contributed by atoms with Gasteiger partial charge in [0, 0.05) is 12.2 Å². The van der Waals surface area contributed by atoms with E-state index in [1.165, 1.54) is 22.9 Å². The van der Waals surface area contributed by atoms with Crippen LogP contribution in [0, 0.1) is 5.92 Å². The molecule has 1 aromatic rings. The van der Waals surface area contributed by atoms with Crippen LogP contribution >= 0.6 is 11.8 Å². The Labute approximate surface area is 122 Å². The first kappa shape index (κ1) is 15.0. The summed E-state index contributed by atoms with van der Waals surface area (Å²) in [5, 5.41) is 9.22. The monoisotopic (exact) mass is 297 g/mol. The number of carbonyl (C=O) groups excluding carboxylic acids is 1. The van der Waals surface area contributed by atoms with Crippen molar-refractivity contribution in [1.29, 1.82) is 0 Å². The highest BCUT2D eigenvalue weighted by atomic mass is 32.2. The number of carbonyl (C=O) groups is 2. The van der Waals surface area contributed by atoms with Crippen molar-refractivity contribution in [2.75, 3.05) is 5.75 Å². The summed E-state index contributed by atoms with van der Waals surface area (Å²) in [6, 6.07) is 0.861. The van der Waals surface area contributed by atoms with E-state index in [4.69, 9.17) is 4.42 Å². The van der Waals surface area contributed by atoms with Crippen LogP contribution in [0.1, 0.15) is 36.9 Å². The summed E-state index contributed by atoms with van der Waals surface area (Å²) in [5.74, 6) is 0.0505. The van der Waals surface area contributed by atoms with Gasteiger partial charge in [0.2, 0.25) is 0 Å². The van der Waals surface area contributed by atoms with Crippen LogP contribution in [0.15, 0.2) is 16.7 Å². The average Bonchev–Trinajstić information content (AvgIpc) is 3.03. The first-order valence-corrected chi connectivity index (χ1v) is 7.75. The highest BCUT2D eigenvalue weighted by molar-refractivity contribution is 8.00. The number of hydrogen-bond donors (Lipinski definition) is 1. The van der Waals surface area contributed by atoms with E-state index < -0.39 is 12.0 Å². The molecule has 0 aromatic carbocycles. The third kappa shape index (κ3) is 2.57. The summed E-state index contributed by atoms with van der Waals surface area (Å²) >= 11 is 1.53. The Kier molecular flexibility index (Phi) is 4.42. The number of aryl methyl sites for hydroxylation is 1. The molecule has 1 saturated heterocycles. The van der Waals surface area contributed by atoms with Gasteiger partial charge in [-0.05, 0) is 12.0 Å². The van der Waals surface area contributed by atoms with Crippen LogP contribution in [0.4, 0.5) is 0 Å². The van der Waals surface area contributed by atoms with Crippen molar-refractivity contribution in [1.82, 2.24) is 4.90 Å². The number of hydrogen-bond acceptors (Lipinski definition) is 4. The molecule has 1 fully saturated rings. The maximum Gasteiger partial charge on any atom is 0.327 e. The second-order valence-electron chi connectivity index (χ2n) is 5.15. The lowest BCUT2D eigenvalue weighted by atomic mass is 10.1. The highest BCUT2D eigenvalue weighted by Crippen LogP contribution is 2.35. The molecule has 1 aliphatic heterocycles. The first-order chi connectivity index (χ1) is 9.47. The van der Waals surface area contributed by atoms with Crippen molar-refractivity contribution in [3.05, 3.63) is 23.7 Å². The van der Waals surface area contributed by atoms with E-state index in [0.717, 1.165) is 0 Å². The molecule has 0 aliphatic carbocycles. The number of amides is 1. The second kappa shape index (κ2) is 5.91. The van der Waals surface area contributed by atoms with Gasteiger partial charge in [-0.25, -0.2) is 4.79 Å². The molecule has 2 unspecified atom stereocenters. The Morgan fingerprint density at radius 2 is 2.25 bits per heavy atom. The molecule has 6 heteroatoms. The SMILES string of the molecule is CCc1occc1C(=O)N1C(C(=O)O)CSC1C(C)C. The van der Waals surface area contributed by atoms with Crippen molar-refractivity contribution in [2.24, 2.45) is 5.92 Å². The van der Waals surface area contributed by atoms with E-state index in [9.17, 15) is 14.7 Å². The maximum atomic E-state index is 12.7. The zero-order valence-corrected chi connectivity index (χ0v) is 12.6. The smallest absolute Gasteiger partial charge is 0.327 e. The lowest BCUT2D eigenvalue weighted by molar-refractivity contribution is -0.141. The van der Waals surface area contributed by atoms with Gasteiger partial charge in [-0.2, -0.15) is 0 Å². The molecule has 2 rings (SSSR count). The minimum absolute atomic E-state index is 0.108. The van der Waals surface area contributed by atoms with E-state index in [-0.39, 0.29) is 17.2 Å². The molecule has 1 amide bonds. The Morgan fingerprint density at radius 1 is 1.55 bits per heavy atom. The summed E-state index contributed by atoms with van der Waals surface area (Å²) in [5.41, 5.74) is 0.479. The van der Waals surface area contributed by atoms with Gasteiger partial charge in [0.1, 0.15) is 11.8 Å². The summed E-state index contributed by atoms with van der Waals surface area (Å²) in [7, 11) is 0. The molecule has 0 bridgehead atoms. The van der Waals surface area contributed by atoms with Crippen LogP contribution in [0.25, 0.3) is 0 Å². The predicted octanol–water partition coefficient (Wildman–Crippen LogP) is 2.47. The Hall–Kier alpha value is -1.43. The summed E-state index contributed by atoms with van der Waals surface area (Å²) < 4.78 is 5.28. The van der Waals surface area contributed by atoms with Gasteiger partial charge in [-0.15, -0.1) is 11.8 Å². The van der Waals surface area contributed by atoms with E-state index in [1.807, 2.05) is 20.8 Å². The Balaban J connectivity index is 2.34. The van der Waals surface area contributed by atoms with Gasteiger partial charge in [-0.3, -0.25) is 4.79 Å². The number of nitrogens with zero attached hydrogens (tertiary/aromatic N) is 1. The third-order valence-corrected chi connectivity index (χ3v) is 5.04. The molecule has 110 valence electrons. The summed E-state index contributed by atoms with van der Waals surface area (Å²) in [6.07, 6.45) is 2.09. The minimum atomic E-state index is -0.949. The molecule has 2 atom stereocenters. The molecular weight excluding hydrogens is 278 g/mol. The zero-order chi connectivity index (χ0) is 14.9. The number of rotatable bonds is 4. The van der Waals surface area contributed by atoms with E-state index in [1.54, 1.807) is 6.07 Å². The van der Waals surface area contributed by atoms with E-state index in [2.05, 4.69) is 0 Å². The number of carboxylic acid groups (broad SMARTS) is 1. The fraction of sp³-hybridized carbons (Fsp3) is 0.571. The number of furan rings is 1. The normalized spacial score (nSPS) is 22.5. The largest absolute Gasteiger partial charge is 0.480 e. The third-order valence-electron chi connectivity index (χ3n) is 3.42. The molecule has 0 spiro atoms. The van der Waals surface area contributed by atoms with Crippen molar-refractivity contribution in [3.8, 4) is 0 Å². The standard InChI is InChI=1S/C14H19NO4S/c1-4-11-9(5-6-19-11)12(16)15-10(14(17)18)7-20-13(15)8(2)3/h5-6,8,10,13H,4,7H2,1-3H3,(H,17,18). The van der Waals surface area contributed by atoms with Crippen molar-refractivity contribution in [3.63, 3.8) is 0 Å². The molecule has 5 nitrogen and oxygen atoms in total. The predicted molar refractivity (Wildman–Crippen MR) is 76.8 cm³/mol. The van der Waals surface area contributed by atoms with Gasteiger partial charge in [0.05, 0.1) is 17.2 Å². The van der Waals surface area contributed by atoms with Crippen LogP contribution in [0.2, 0.25) is 0 Å². The maximum absolute atomic E-state index is 12.7. The fourth-order valence-electron chi connectivity index (χ4n) is 2.43. The highest BCUT2D eigenvalue weighted by Gasteiger charge is 2.43. The fourth-order valence-corrected chi connectivity index (χ4v) is 3.90. The van der Waals surface area contributed by atoms with Crippen LogP contribution in [-0.2, 0) is 11.2 Å². The van der Waals surface area contributed by atoms with Gasteiger partial charge >= 0.3 is 5.97 Å². The number of thioether (sulfide) groups is 1. The van der Waals surface area contributed by atoms with Gasteiger partial charge in [-0.1, -0.05) is 20.8 Å². The number of carboxylic acids is 1. The lowest BCUT2D eigenvalue weighted by Gasteiger charge is -2.29. The Morgan fingerprint density at radius 3 is 2.80 bits per heavy atom. The molecule has 0 saturated carbocycles. The molecule has 2 heterocycles. The molecule has 1 aromatic heterocycles. The molecular formula is C14H19NO4S. The van der Waals surface area contributed by atoms with Crippen molar-refractivity contribution < 1.29 is 19.1 Å². The van der Waals surface area contributed by atoms with E-state index >= 15 is 0 Å². The summed E-state index contributed by atoms with van der Waals surface area (Å²) in [4.78, 5) is 25.6. The van der Waals surface area contributed by atoms with Crippen LogP contribution < -0.4 is 0 Å². The van der Waals surface area contributed by atoms with Crippen LogP contribution in [0.3, 0.4) is 0 Å². The first-order valence-electron chi connectivity index (χ1n) is 6.70. The topological polar surface area (TPSA) is 70.8 Å². The van der Waals surface area contributed by atoms with Crippen molar-refractivity contribution >= 4 is 23.6 Å². The van der Waals surface area contributed by atoms with Crippen molar-refractivity contribution in [2.45, 2.75) is 38.6 Å². The van der Waals surface area contributed by atoms with E-state index in [0.29, 0.717) is 23.5 Å².